The zero-order valence-electron chi connectivity index (χ0n) is 19.9. The number of halogens is 4. The number of benzene rings is 2. The number of piperazine rings is 1. The molecule has 38 heavy (non-hydrogen) atoms. The Hall–Kier alpha value is -3.38. The van der Waals surface area contributed by atoms with Crippen molar-refractivity contribution in [1.82, 2.24) is 19.2 Å². The highest BCUT2D eigenvalue weighted by atomic mass is 35.5. The van der Waals surface area contributed by atoms with Gasteiger partial charge in [0.05, 0.1) is 39.3 Å². The molecule has 1 saturated heterocycles. The molecular weight excluding hydrogens is 541 g/mol. The summed E-state index contributed by atoms with van der Waals surface area (Å²) in [7, 11) is -4.21. The Bertz CT molecular complexity index is 1590. The van der Waals surface area contributed by atoms with Crippen LogP contribution in [0.4, 0.5) is 24.9 Å². The summed E-state index contributed by atoms with van der Waals surface area (Å²) in [6, 6.07) is 9.42. The highest BCUT2D eigenvalue weighted by Gasteiger charge is 2.41. The van der Waals surface area contributed by atoms with Crippen molar-refractivity contribution < 1.29 is 21.6 Å². The number of hydrogen-bond acceptors (Lipinski definition) is 7. The Kier molecular flexibility index (Phi) is 6.18. The lowest BCUT2D eigenvalue weighted by molar-refractivity contribution is 0.151. The van der Waals surface area contributed by atoms with Gasteiger partial charge in [-0.3, -0.25) is 0 Å². The van der Waals surface area contributed by atoms with Gasteiger partial charge in [0.2, 0.25) is 5.95 Å². The summed E-state index contributed by atoms with van der Waals surface area (Å²) in [4.78, 5) is 12.1. The molecule has 13 heteroatoms. The van der Waals surface area contributed by atoms with Gasteiger partial charge in [-0.05, 0) is 43.0 Å². The molecule has 0 N–H and O–H groups in total. The molecule has 0 radical (unpaired) electrons. The maximum Gasteiger partial charge on any atom is 0.283 e. The SMILES string of the molecule is O=S(=O)(c1ccc(C(F)F)cc1)n1nc(N2CCN(c3ncc(F)cn3)CC2C2CC2)c2c(Cl)cccc21. The normalized spacial score (nSPS) is 18.5. The average molecular weight is 563 g/mol. The number of alkyl halides is 2. The summed E-state index contributed by atoms with van der Waals surface area (Å²) in [5.74, 6) is 0.720. The summed E-state index contributed by atoms with van der Waals surface area (Å²) in [6.45, 7) is 1.55. The average Bonchev–Trinajstić information content (AvgIpc) is 3.68. The Balaban J connectivity index is 1.41. The Labute approximate surface area is 221 Å². The standard InChI is InChI=1S/C25H22ClF3N6O2S/c26-19-2-1-3-20-22(19)24(32-35(20)38(36,37)18-8-6-16(7-9-18)23(28)29)34-11-10-33(14-21(34)15-4-5-15)25-30-12-17(27)13-31-25/h1-3,6-9,12-13,15,21,23H,4-5,10-11,14H2. The van der Waals surface area contributed by atoms with E-state index in [1.54, 1.807) is 18.2 Å². The van der Waals surface area contributed by atoms with Crippen LogP contribution in [0.2, 0.25) is 5.02 Å². The third-order valence-electron chi connectivity index (χ3n) is 7.01. The van der Waals surface area contributed by atoms with E-state index < -0.39 is 22.3 Å². The molecule has 0 spiro atoms. The topological polar surface area (TPSA) is 84.2 Å². The van der Waals surface area contributed by atoms with Gasteiger partial charge >= 0.3 is 0 Å². The molecule has 1 saturated carbocycles. The maximum absolute atomic E-state index is 13.6. The van der Waals surface area contributed by atoms with Crippen molar-refractivity contribution >= 4 is 44.3 Å². The predicted octanol–water partition coefficient (Wildman–Crippen LogP) is 4.90. The molecule has 1 atom stereocenters. The van der Waals surface area contributed by atoms with E-state index in [9.17, 15) is 21.6 Å². The van der Waals surface area contributed by atoms with Gasteiger partial charge in [0.15, 0.2) is 11.6 Å². The van der Waals surface area contributed by atoms with Crippen molar-refractivity contribution in [2.24, 2.45) is 5.92 Å². The molecule has 6 rings (SSSR count). The van der Waals surface area contributed by atoms with Crippen molar-refractivity contribution in [3.63, 3.8) is 0 Å². The fraction of sp³-hybridized carbons (Fsp3) is 0.320. The lowest BCUT2D eigenvalue weighted by Gasteiger charge is -2.42. The van der Waals surface area contributed by atoms with Gasteiger partial charge in [0, 0.05) is 25.2 Å². The molecule has 1 unspecified atom stereocenters. The summed E-state index contributed by atoms with van der Waals surface area (Å²) < 4.78 is 67.6. The van der Waals surface area contributed by atoms with Gasteiger partial charge in [-0.15, -0.1) is 5.10 Å². The zero-order valence-corrected chi connectivity index (χ0v) is 21.5. The summed E-state index contributed by atoms with van der Waals surface area (Å²) in [5.41, 5.74) is 0.0255. The molecule has 1 aliphatic heterocycles. The van der Waals surface area contributed by atoms with Crippen LogP contribution in [0.15, 0.2) is 59.8 Å². The first-order valence-electron chi connectivity index (χ1n) is 12.0. The first-order chi connectivity index (χ1) is 18.2. The highest BCUT2D eigenvalue weighted by Crippen LogP contribution is 2.42. The van der Waals surface area contributed by atoms with E-state index in [-0.39, 0.29) is 16.5 Å². The van der Waals surface area contributed by atoms with E-state index in [1.807, 2.05) is 4.90 Å². The van der Waals surface area contributed by atoms with Crippen LogP contribution in [0.1, 0.15) is 24.8 Å². The summed E-state index contributed by atoms with van der Waals surface area (Å²) >= 11 is 6.60. The van der Waals surface area contributed by atoms with E-state index in [0.29, 0.717) is 53.2 Å². The van der Waals surface area contributed by atoms with Crippen LogP contribution < -0.4 is 9.80 Å². The van der Waals surface area contributed by atoms with Crippen molar-refractivity contribution in [2.45, 2.75) is 30.2 Å². The lowest BCUT2D eigenvalue weighted by atomic mass is 10.1. The minimum atomic E-state index is -4.21. The monoisotopic (exact) mass is 562 g/mol. The Morgan fingerprint density at radius 3 is 2.37 bits per heavy atom. The van der Waals surface area contributed by atoms with Crippen molar-refractivity contribution in [1.29, 1.82) is 0 Å². The number of fused-ring (bicyclic) bond motifs is 1. The van der Waals surface area contributed by atoms with E-state index >= 15 is 0 Å². The number of hydrogen-bond donors (Lipinski definition) is 0. The number of nitrogens with zero attached hydrogens (tertiary/aromatic N) is 6. The first kappa shape index (κ1) is 24.9. The zero-order chi connectivity index (χ0) is 26.6. The minimum Gasteiger partial charge on any atom is -0.348 e. The molecule has 1 aliphatic carbocycles. The third kappa shape index (κ3) is 4.35. The van der Waals surface area contributed by atoms with Gasteiger partial charge in [-0.25, -0.2) is 23.1 Å². The second-order valence-electron chi connectivity index (χ2n) is 9.42. The van der Waals surface area contributed by atoms with Crippen LogP contribution >= 0.6 is 11.6 Å². The molecule has 4 aromatic rings. The van der Waals surface area contributed by atoms with E-state index in [2.05, 4.69) is 20.0 Å². The van der Waals surface area contributed by atoms with Crippen molar-refractivity contribution in [3.05, 3.63) is 71.3 Å². The predicted molar refractivity (Wildman–Crippen MR) is 137 cm³/mol. The van der Waals surface area contributed by atoms with Crippen molar-refractivity contribution in [3.8, 4) is 0 Å². The fourth-order valence-corrected chi connectivity index (χ4v) is 6.49. The second-order valence-corrected chi connectivity index (χ2v) is 11.6. The molecule has 3 heterocycles. The largest absolute Gasteiger partial charge is 0.348 e. The minimum absolute atomic E-state index is 0.0201. The van der Waals surface area contributed by atoms with Gasteiger partial charge in [-0.2, -0.15) is 12.5 Å². The number of rotatable bonds is 6. The van der Waals surface area contributed by atoms with Crippen LogP contribution in [0.5, 0.6) is 0 Å². The molecule has 198 valence electrons. The van der Waals surface area contributed by atoms with Crippen LogP contribution in [0.25, 0.3) is 10.9 Å². The number of aromatic nitrogens is 4. The van der Waals surface area contributed by atoms with Gasteiger partial charge in [0.25, 0.3) is 16.4 Å². The van der Waals surface area contributed by atoms with Gasteiger partial charge in [0.1, 0.15) is 0 Å². The van der Waals surface area contributed by atoms with Gasteiger partial charge in [-0.1, -0.05) is 29.8 Å². The fourth-order valence-electron chi connectivity index (χ4n) is 4.96. The molecular formula is C25H22ClF3N6O2S. The third-order valence-corrected chi connectivity index (χ3v) is 8.93. The lowest BCUT2D eigenvalue weighted by Crippen LogP contribution is -2.55. The Morgan fingerprint density at radius 1 is 1.00 bits per heavy atom. The first-order valence-corrected chi connectivity index (χ1v) is 13.9. The highest BCUT2D eigenvalue weighted by molar-refractivity contribution is 7.90. The molecule has 2 aromatic carbocycles. The van der Waals surface area contributed by atoms with Crippen molar-refractivity contribution in [2.75, 3.05) is 29.4 Å². The van der Waals surface area contributed by atoms with Crippen LogP contribution in [0, 0.1) is 11.7 Å². The summed E-state index contributed by atoms with van der Waals surface area (Å²) in [5, 5.41) is 5.42. The maximum atomic E-state index is 13.6. The van der Waals surface area contributed by atoms with E-state index in [0.717, 1.165) is 53.6 Å². The summed E-state index contributed by atoms with van der Waals surface area (Å²) in [6.07, 6.45) is 1.59. The van der Waals surface area contributed by atoms with Crippen LogP contribution in [-0.2, 0) is 10.0 Å². The molecule has 2 fully saturated rings. The van der Waals surface area contributed by atoms with Gasteiger partial charge < -0.3 is 9.80 Å². The second kappa shape index (κ2) is 9.42. The van der Waals surface area contributed by atoms with E-state index in [4.69, 9.17) is 11.6 Å². The smallest absolute Gasteiger partial charge is 0.283 e. The molecule has 8 nitrogen and oxygen atoms in total. The van der Waals surface area contributed by atoms with Crippen LogP contribution in [-0.4, -0.2) is 53.2 Å². The molecule has 2 aromatic heterocycles. The molecule has 0 amide bonds. The quantitative estimate of drug-likeness (QED) is 0.330. The van der Waals surface area contributed by atoms with Crippen LogP contribution in [0.3, 0.4) is 0 Å². The van der Waals surface area contributed by atoms with E-state index in [1.165, 1.54) is 0 Å². The number of anilines is 2. The Morgan fingerprint density at radius 2 is 1.71 bits per heavy atom. The molecule has 2 aliphatic rings. The molecule has 0 bridgehead atoms.